The average Bonchev–Trinajstić information content (AvgIpc) is 2.90. The third kappa shape index (κ3) is 10.2. The quantitative estimate of drug-likeness (QED) is 0.192. The maximum Gasteiger partial charge on any atom is 0.326 e. The maximum atomic E-state index is 13.3. The minimum absolute atomic E-state index is 0.0441. The van der Waals surface area contributed by atoms with E-state index in [-0.39, 0.29) is 12.8 Å². The zero-order valence-corrected chi connectivity index (χ0v) is 22.0. The Balaban J connectivity index is 2.22. The number of rotatable bonds is 15. The van der Waals surface area contributed by atoms with Crippen molar-refractivity contribution in [2.45, 2.75) is 63.7 Å². The lowest BCUT2D eigenvalue weighted by Gasteiger charge is -2.26. The van der Waals surface area contributed by atoms with Crippen molar-refractivity contribution in [1.82, 2.24) is 16.0 Å². The number of hydrogen-bond donors (Lipinski definition) is 6. The van der Waals surface area contributed by atoms with Crippen molar-refractivity contribution in [3.8, 4) is 0 Å². The number of benzene rings is 2. The van der Waals surface area contributed by atoms with Gasteiger partial charge >= 0.3 is 11.9 Å². The Morgan fingerprint density at radius 3 is 1.72 bits per heavy atom. The zero-order chi connectivity index (χ0) is 28.9. The van der Waals surface area contributed by atoms with E-state index in [1.54, 1.807) is 44.2 Å². The number of amides is 3. The molecule has 5 unspecified atom stereocenters. The summed E-state index contributed by atoms with van der Waals surface area (Å²) in [6.45, 7) is 3.39. The number of carbonyl (C=O) groups excluding carboxylic acids is 3. The van der Waals surface area contributed by atoms with Gasteiger partial charge in [-0.15, -0.1) is 0 Å². The van der Waals surface area contributed by atoms with Gasteiger partial charge in [-0.3, -0.25) is 19.2 Å². The van der Waals surface area contributed by atoms with Crippen molar-refractivity contribution in [2.24, 2.45) is 11.7 Å². The molecule has 0 heterocycles. The van der Waals surface area contributed by atoms with Crippen LogP contribution in [-0.4, -0.2) is 64.0 Å². The van der Waals surface area contributed by atoms with Gasteiger partial charge in [0.1, 0.15) is 18.1 Å². The smallest absolute Gasteiger partial charge is 0.326 e. The molecule has 2 rings (SSSR count). The zero-order valence-electron chi connectivity index (χ0n) is 22.0. The van der Waals surface area contributed by atoms with E-state index in [4.69, 9.17) is 5.73 Å². The molecule has 0 radical (unpaired) electrons. The van der Waals surface area contributed by atoms with Gasteiger partial charge in [-0.25, -0.2) is 4.79 Å². The molecule has 0 aromatic heterocycles. The molecule has 210 valence electrons. The Kier molecular flexibility index (Phi) is 12.1. The predicted octanol–water partition coefficient (Wildman–Crippen LogP) is 0.859. The second-order valence-electron chi connectivity index (χ2n) is 9.42. The Morgan fingerprint density at radius 1 is 0.744 bits per heavy atom. The van der Waals surface area contributed by atoms with E-state index in [0.29, 0.717) is 12.0 Å². The summed E-state index contributed by atoms with van der Waals surface area (Å²) in [4.78, 5) is 62.3. The summed E-state index contributed by atoms with van der Waals surface area (Å²) in [5.41, 5.74) is 7.63. The number of nitrogens with one attached hydrogen (secondary N) is 3. The molecule has 0 aliphatic carbocycles. The van der Waals surface area contributed by atoms with Crippen LogP contribution in [0.1, 0.15) is 37.8 Å². The van der Waals surface area contributed by atoms with Crippen molar-refractivity contribution in [3.05, 3.63) is 71.8 Å². The molecule has 5 atom stereocenters. The van der Waals surface area contributed by atoms with E-state index < -0.39 is 66.2 Å². The SMILES string of the molecule is CCC(C)C(NC(=O)C(CC(=O)O)NC(=O)C(Cc1ccccc1)NC(=O)C(N)Cc1ccccc1)C(=O)O. The van der Waals surface area contributed by atoms with E-state index in [1.165, 1.54) is 0 Å². The molecule has 11 nitrogen and oxygen atoms in total. The summed E-state index contributed by atoms with van der Waals surface area (Å²) in [5.74, 6) is -5.46. The first-order valence-corrected chi connectivity index (χ1v) is 12.7. The lowest BCUT2D eigenvalue weighted by atomic mass is 9.98. The standard InChI is InChI=1S/C28H36N4O7/c1-3-17(2)24(28(38)39)32-27(37)22(16-23(33)34)31-26(36)21(15-19-12-8-5-9-13-19)30-25(35)20(29)14-18-10-6-4-7-11-18/h4-13,17,20-22,24H,3,14-16,29H2,1-2H3,(H,30,35)(H,31,36)(H,32,37)(H,33,34)(H,38,39). The van der Waals surface area contributed by atoms with Gasteiger partial charge in [0.2, 0.25) is 17.7 Å². The van der Waals surface area contributed by atoms with Gasteiger partial charge in [0.25, 0.3) is 0 Å². The van der Waals surface area contributed by atoms with E-state index in [1.807, 2.05) is 30.3 Å². The maximum absolute atomic E-state index is 13.3. The van der Waals surface area contributed by atoms with Crippen molar-refractivity contribution in [2.75, 3.05) is 0 Å². The van der Waals surface area contributed by atoms with Crippen LogP contribution >= 0.6 is 0 Å². The molecule has 7 N–H and O–H groups in total. The first-order valence-electron chi connectivity index (χ1n) is 12.7. The highest BCUT2D eigenvalue weighted by Gasteiger charge is 2.33. The Hall–Kier alpha value is -4.25. The number of carboxylic acid groups (broad SMARTS) is 2. The molecule has 2 aromatic carbocycles. The minimum Gasteiger partial charge on any atom is -0.481 e. The molecule has 39 heavy (non-hydrogen) atoms. The van der Waals surface area contributed by atoms with E-state index >= 15 is 0 Å². The topological polar surface area (TPSA) is 188 Å². The first kappa shape index (κ1) is 31.0. The second kappa shape index (κ2) is 15.2. The van der Waals surface area contributed by atoms with Gasteiger partial charge in [0.15, 0.2) is 0 Å². The number of hydrogen-bond acceptors (Lipinski definition) is 6. The lowest BCUT2D eigenvalue weighted by molar-refractivity contribution is -0.144. The molecule has 2 aromatic rings. The third-order valence-electron chi connectivity index (χ3n) is 6.34. The van der Waals surface area contributed by atoms with Crippen molar-refractivity contribution >= 4 is 29.7 Å². The van der Waals surface area contributed by atoms with Crippen LogP contribution in [0.25, 0.3) is 0 Å². The van der Waals surface area contributed by atoms with Gasteiger partial charge in [0.05, 0.1) is 12.5 Å². The molecule has 0 aliphatic heterocycles. The van der Waals surface area contributed by atoms with Gasteiger partial charge in [0, 0.05) is 6.42 Å². The monoisotopic (exact) mass is 540 g/mol. The number of nitrogens with two attached hydrogens (primary N) is 1. The number of carbonyl (C=O) groups is 5. The molecule has 0 fully saturated rings. The van der Waals surface area contributed by atoms with Crippen LogP contribution < -0.4 is 21.7 Å². The molecule has 3 amide bonds. The van der Waals surface area contributed by atoms with Crippen LogP contribution in [0.3, 0.4) is 0 Å². The van der Waals surface area contributed by atoms with E-state index in [0.717, 1.165) is 5.56 Å². The molecule has 0 saturated carbocycles. The molecule has 0 saturated heterocycles. The second-order valence-corrected chi connectivity index (χ2v) is 9.42. The molecular weight excluding hydrogens is 504 g/mol. The van der Waals surface area contributed by atoms with E-state index in [9.17, 15) is 34.2 Å². The largest absolute Gasteiger partial charge is 0.481 e. The fourth-order valence-corrected chi connectivity index (χ4v) is 3.89. The molecule has 0 spiro atoms. The molecular formula is C28H36N4O7. The lowest BCUT2D eigenvalue weighted by Crippen LogP contribution is -2.58. The molecule has 0 aliphatic rings. The van der Waals surface area contributed by atoms with Crippen LogP contribution in [0.5, 0.6) is 0 Å². The average molecular weight is 541 g/mol. The van der Waals surface area contributed by atoms with Crippen molar-refractivity contribution in [1.29, 1.82) is 0 Å². The van der Waals surface area contributed by atoms with Gasteiger partial charge < -0.3 is 31.9 Å². The highest BCUT2D eigenvalue weighted by atomic mass is 16.4. The van der Waals surface area contributed by atoms with Crippen LogP contribution in [-0.2, 0) is 36.8 Å². The summed E-state index contributed by atoms with van der Waals surface area (Å²) in [6.07, 6.45) is -0.0728. The summed E-state index contributed by atoms with van der Waals surface area (Å²) in [6, 6.07) is 12.9. The van der Waals surface area contributed by atoms with Crippen molar-refractivity contribution in [3.63, 3.8) is 0 Å². The minimum atomic E-state index is -1.57. The first-order chi connectivity index (χ1) is 18.5. The van der Waals surface area contributed by atoms with Gasteiger partial charge in [-0.05, 0) is 23.5 Å². The van der Waals surface area contributed by atoms with Crippen molar-refractivity contribution < 1.29 is 34.2 Å². The fraction of sp³-hybridized carbons (Fsp3) is 0.393. The summed E-state index contributed by atoms with van der Waals surface area (Å²) < 4.78 is 0. The normalized spacial score (nSPS) is 14.6. The van der Waals surface area contributed by atoms with Crippen LogP contribution in [0, 0.1) is 5.92 Å². The molecule has 11 heteroatoms. The van der Waals surface area contributed by atoms with Crippen LogP contribution in [0.2, 0.25) is 0 Å². The molecule has 0 bridgehead atoms. The predicted molar refractivity (Wildman–Crippen MR) is 143 cm³/mol. The number of carboxylic acids is 2. The Labute approximate surface area is 227 Å². The number of aliphatic carboxylic acids is 2. The third-order valence-corrected chi connectivity index (χ3v) is 6.34. The highest BCUT2D eigenvalue weighted by Crippen LogP contribution is 2.10. The summed E-state index contributed by atoms with van der Waals surface area (Å²) in [5, 5.41) is 26.2. The van der Waals surface area contributed by atoms with Crippen LogP contribution in [0.15, 0.2) is 60.7 Å². The summed E-state index contributed by atoms with van der Waals surface area (Å²) >= 11 is 0. The highest BCUT2D eigenvalue weighted by molar-refractivity contribution is 5.95. The van der Waals surface area contributed by atoms with Gasteiger partial charge in [-0.2, -0.15) is 0 Å². The summed E-state index contributed by atoms with van der Waals surface area (Å²) in [7, 11) is 0. The Bertz CT molecular complexity index is 1130. The Morgan fingerprint density at radius 2 is 1.23 bits per heavy atom. The van der Waals surface area contributed by atoms with Crippen LogP contribution in [0.4, 0.5) is 0 Å². The van der Waals surface area contributed by atoms with E-state index in [2.05, 4.69) is 16.0 Å². The van der Waals surface area contributed by atoms with Gasteiger partial charge in [-0.1, -0.05) is 80.9 Å². The fourth-order valence-electron chi connectivity index (χ4n) is 3.89.